The molecule has 134 valence electrons. The zero-order valence-corrected chi connectivity index (χ0v) is 15.9. The third-order valence-corrected chi connectivity index (χ3v) is 5.70. The summed E-state index contributed by atoms with van der Waals surface area (Å²) in [5.41, 5.74) is 1.67. The van der Waals surface area contributed by atoms with E-state index in [1.165, 1.54) is 12.1 Å². The minimum absolute atomic E-state index is 0.146. The summed E-state index contributed by atoms with van der Waals surface area (Å²) < 4.78 is 27.6. The van der Waals surface area contributed by atoms with Crippen LogP contribution in [0.1, 0.15) is 12.0 Å². The van der Waals surface area contributed by atoms with Crippen molar-refractivity contribution in [3.8, 4) is 0 Å². The van der Waals surface area contributed by atoms with Crippen LogP contribution >= 0.6 is 11.8 Å². The highest BCUT2D eigenvalue weighted by molar-refractivity contribution is 7.98. The third-order valence-electron chi connectivity index (χ3n) is 3.56. The number of aryl methyl sites for hydroxylation is 1. The molecule has 0 heterocycles. The van der Waals surface area contributed by atoms with Crippen molar-refractivity contribution in [2.24, 2.45) is 0 Å². The van der Waals surface area contributed by atoms with Crippen LogP contribution < -0.4 is 10.0 Å². The van der Waals surface area contributed by atoms with Crippen LogP contribution in [0.2, 0.25) is 0 Å². The Hall–Kier alpha value is -1.83. The van der Waals surface area contributed by atoms with Gasteiger partial charge in [-0.3, -0.25) is 4.79 Å². The molecule has 0 saturated heterocycles. The van der Waals surface area contributed by atoms with E-state index >= 15 is 0 Å². The van der Waals surface area contributed by atoms with E-state index in [4.69, 9.17) is 0 Å². The molecular weight excluding hydrogens is 356 g/mol. The molecule has 0 bridgehead atoms. The smallest absolute Gasteiger partial charge is 0.242 e. The fourth-order valence-corrected chi connectivity index (χ4v) is 4.01. The van der Waals surface area contributed by atoms with E-state index in [1.54, 1.807) is 36.0 Å². The zero-order chi connectivity index (χ0) is 18.3. The van der Waals surface area contributed by atoms with Gasteiger partial charge in [0.15, 0.2) is 0 Å². The van der Waals surface area contributed by atoms with Crippen molar-refractivity contribution in [3.05, 3.63) is 60.2 Å². The molecule has 5 nitrogen and oxygen atoms in total. The predicted molar refractivity (Wildman–Crippen MR) is 103 cm³/mol. The zero-order valence-electron chi connectivity index (χ0n) is 14.2. The van der Waals surface area contributed by atoms with Gasteiger partial charge < -0.3 is 5.32 Å². The van der Waals surface area contributed by atoms with Gasteiger partial charge in [0.1, 0.15) is 6.04 Å². The monoisotopic (exact) mass is 378 g/mol. The SMILES string of the molecule is CSCCC(NS(=O)(=O)c1ccccc1)C(=O)Nc1cccc(C)c1. The average molecular weight is 379 g/mol. The molecular formula is C18H22N2O3S2. The average Bonchev–Trinajstić information content (AvgIpc) is 2.59. The molecule has 0 radical (unpaired) electrons. The number of benzene rings is 2. The molecule has 2 rings (SSSR count). The lowest BCUT2D eigenvalue weighted by molar-refractivity contribution is -0.117. The molecule has 1 amide bonds. The topological polar surface area (TPSA) is 75.3 Å². The summed E-state index contributed by atoms with van der Waals surface area (Å²) in [6.45, 7) is 1.93. The largest absolute Gasteiger partial charge is 0.325 e. The summed E-state index contributed by atoms with van der Waals surface area (Å²) in [5.74, 6) is 0.308. The second-order valence-electron chi connectivity index (χ2n) is 5.63. The van der Waals surface area contributed by atoms with Crippen LogP contribution in [0.25, 0.3) is 0 Å². The van der Waals surface area contributed by atoms with Gasteiger partial charge in [-0.15, -0.1) is 0 Å². The van der Waals surface area contributed by atoms with E-state index in [1.807, 2.05) is 31.4 Å². The molecule has 1 atom stereocenters. The Morgan fingerprint density at radius 3 is 2.48 bits per heavy atom. The number of sulfonamides is 1. The van der Waals surface area contributed by atoms with Gasteiger partial charge in [-0.05, 0) is 55.2 Å². The van der Waals surface area contributed by atoms with Crippen molar-refractivity contribution < 1.29 is 13.2 Å². The molecule has 0 aliphatic rings. The van der Waals surface area contributed by atoms with Gasteiger partial charge in [0.05, 0.1) is 4.90 Å². The second kappa shape index (κ2) is 9.03. The Morgan fingerprint density at radius 2 is 1.84 bits per heavy atom. The summed E-state index contributed by atoms with van der Waals surface area (Å²) in [7, 11) is -3.76. The maximum Gasteiger partial charge on any atom is 0.242 e. The number of amides is 1. The normalized spacial score (nSPS) is 12.6. The van der Waals surface area contributed by atoms with Crippen molar-refractivity contribution >= 4 is 33.4 Å². The molecule has 0 saturated carbocycles. The molecule has 2 aromatic carbocycles. The van der Waals surface area contributed by atoms with Crippen LogP contribution in [-0.4, -0.2) is 32.4 Å². The van der Waals surface area contributed by atoms with Crippen LogP contribution in [0.4, 0.5) is 5.69 Å². The fourth-order valence-electron chi connectivity index (χ4n) is 2.29. The first-order valence-corrected chi connectivity index (χ1v) is 10.7. The van der Waals surface area contributed by atoms with Crippen molar-refractivity contribution in [1.82, 2.24) is 4.72 Å². The number of hydrogen-bond donors (Lipinski definition) is 2. The quantitative estimate of drug-likeness (QED) is 0.740. The van der Waals surface area contributed by atoms with Crippen molar-refractivity contribution in [3.63, 3.8) is 0 Å². The Bertz CT molecular complexity index is 808. The summed E-state index contributed by atoms with van der Waals surface area (Å²) in [5, 5.41) is 2.79. The number of anilines is 1. The molecule has 2 N–H and O–H groups in total. The van der Waals surface area contributed by atoms with Crippen molar-refractivity contribution in [1.29, 1.82) is 0 Å². The molecule has 0 aromatic heterocycles. The molecule has 7 heteroatoms. The predicted octanol–water partition coefficient (Wildman–Crippen LogP) is 3.03. The molecule has 0 spiro atoms. The summed E-state index contributed by atoms with van der Waals surface area (Å²) >= 11 is 1.56. The lowest BCUT2D eigenvalue weighted by atomic mass is 10.2. The van der Waals surface area contributed by atoms with Gasteiger partial charge in [-0.25, -0.2) is 8.42 Å². The minimum Gasteiger partial charge on any atom is -0.325 e. The first-order valence-electron chi connectivity index (χ1n) is 7.86. The van der Waals surface area contributed by atoms with E-state index in [2.05, 4.69) is 10.0 Å². The Labute approximate surface area is 153 Å². The molecule has 25 heavy (non-hydrogen) atoms. The van der Waals surface area contributed by atoms with E-state index in [0.717, 1.165) is 5.56 Å². The van der Waals surface area contributed by atoms with Gasteiger partial charge in [0.25, 0.3) is 0 Å². The van der Waals surface area contributed by atoms with Gasteiger partial charge in [-0.1, -0.05) is 30.3 Å². The lowest BCUT2D eigenvalue weighted by Crippen LogP contribution is -2.44. The van der Waals surface area contributed by atoms with E-state index < -0.39 is 16.1 Å². The highest BCUT2D eigenvalue weighted by Crippen LogP contribution is 2.14. The molecule has 2 aromatic rings. The Morgan fingerprint density at radius 1 is 1.12 bits per heavy atom. The van der Waals surface area contributed by atoms with Crippen LogP contribution in [0.15, 0.2) is 59.5 Å². The molecule has 0 aliphatic carbocycles. The van der Waals surface area contributed by atoms with Crippen LogP contribution in [0.5, 0.6) is 0 Å². The van der Waals surface area contributed by atoms with E-state index in [9.17, 15) is 13.2 Å². The van der Waals surface area contributed by atoms with Gasteiger partial charge in [0, 0.05) is 5.69 Å². The van der Waals surface area contributed by atoms with Crippen LogP contribution in [0, 0.1) is 6.92 Å². The Kier molecular flexibility index (Phi) is 7.04. The van der Waals surface area contributed by atoms with E-state index in [-0.39, 0.29) is 10.8 Å². The maximum atomic E-state index is 12.6. The number of rotatable bonds is 8. The molecule has 1 unspecified atom stereocenters. The van der Waals surface area contributed by atoms with Crippen molar-refractivity contribution in [2.75, 3.05) is 17.3 Å². The first-order chi connectivity index (χ1) is 11.9. The van der Waals surface area contributed by atoms with Gasteiger partial charge >= 0.3 is 0 Å². The number of carbonyl (C=O) groups excluding carboxylic acids is 1. The highest BCUT2D eigenvalue weighted by atomic mass is 32.2. The summed E-state index contributed by atoms with van der Waals surface area (Å²) in [6.07, 6.45) is 2.33. The number of nitrogens with one attached hydrogen (secondary N) is 2. The summed E-state index contributed by atoms with van der Waals surface area (Å²) in [6, 6.07) is 14.6. The minimum atomic E-state index is -3.76. The first kappa shape index (κ1) is 19.5. The number of hydrogen-bond acceptors (Lipinski definition) is 4. The van der Waals surface area contributed by atoms with Gasteiger partial charge in [0.2, 0.25) is 15.9 Å². The standard InChI is InChI=1S/C18H22N2O3S2/c1-14-7-6-8-15(13-14)19-18(21)17(11-12-24-2)20-25(22,23)16-9-4-3-5-10-16/h3-10,13,17,20H,11-12H2,1-2H3,(H,19,21). The molecule has 0 fully saturated rings. The lowest BCUT2D eigenvalue weighted by Gasteiger charge is -2.18. The fraction of sp³-hybridized carbons (Fsp3) is 0.278. The van der Waals surface area contributed by atoms with Gasteiger partial charge in [-0.2, -0.15) is 16.5 Å². The number of thioether (sulfide) groups is 1. The highest BCUT2D eigenvalue weighted by Gasteiger charge is 2.25. The van der Waals surface area contributed by atoms with Crippen LogP contribution in [-0.2, 0) is 14.8 Å². The number of carbonyl (C=O) groups is 1. The second-order valence-corrected chi connectivity index (χ2v) is 8.33. The van der Waals surface area contributed by atoms with Crippen LogP contribution in [0.3, 0.4) is 0 Å². The van der Waals surface area contributed by atoms with Crippen molar-refractivity contribution in [2.45, 2.75) is 24.3 Å². The van der Waals surface area contributed by atoms with E-state index in [0.29, 0.717) is 17.9 Å². The maximum absolute atomic E-state index is 12.6. The molecule has 0 aliphatic heterocycles. The Balaban J connectivity index is 2.16. The summed E-state index contributed by atoms with van der Waals surface area (Å²) in [4.78, 5) is 12.7. The third kappa shape index (κ3) is 5.88.